The van der Waals surface area contributed by atoms with E-state index in [0.29, 0.717) is 0 Å². The topological polar surface area (TPSA) is 35.0 Å². The SMILES string of the molecule is C.C.C.C.C.C.C.C.F.N.P.S=S.[2H]F. The van der Waals surface area contributed by atoms with Gasteiger partial charge in [-0.1, -0.05) is 59.4 Å². The van der Waals surface area contributed by atoms with Gasteiger partial charge in [0, 0.05) is 22.4 Å². The normalized spacial score (nSPS) is 0.786. The highest BCUT2D eigenvalue weighted by Gasteiger charge is 0.707. The predicted octanol–water partition coefficient (Wildman–Crippen LogP) is 5.61. The second-order valence-electron chi connectivity index (χ2n) is 0. The highest BCUT2D eigenvalue weighted by Crippen LogP contribution is 0.861. The Morgan fingerprint density at radius 1 is 0.571 bits per heavy atom. The first-order chi connectivity index (χ1) is 2.00. The minimum atomic E-state index is 0. The van der Waals surface area contributed by atoms with Crippen LogP contribution in [0.5, 0.6) is 0 Å². The summed E-state index contributed by atoms with van der Waals surface area (Å²) >= 11 is 7.33. The summed E-state index contributed by atoms with van der Waals surface area (Å²) in [7, 11) is 0. The Labute approximate surface area is 109 Å². The third-order valence-corrected chi connectivity index (χ3v) is 0. The zero-order chi connectivity index (χ0) is 4.00. The molecule has 0 saturated carbocycles. The van der Waals surface area contributed by atoms with Gasteiger partial charge >= 0.3 is 0 Å². The fourth-order valence-corrected chi connectivity index (χ4v) is 0. The summed E-state index contributed by atoms with van der Waals surface area (Å²) in [5.74, 6) is 0. The molecule has 0 amide bonds. The van der Waals surface area contributed by atoms with Crippen LogP contribution in [0.4, 0.5) is 9.42 Å². The van der Waals surface area contributed by atoms with E-state index in [1.165, 1.54) is 0 Å². The van der Waals surface area contributed by atoms with Gasteiger partial charge in [0.2, 0.25) is 0 Å². The first kappa shape index (κ1) is 380. The molecule has 0 aliphatic heterocycles. The molecule has 0 fully saturated rings. The number of hydrogen-bond acceptors (Lipinski definition) is 3. The van der Waals surface area contributed by atoms with Crippen molar-refractivity contribution in [3.63, 3.8) is 0 Å². The summed E-state index contributed by atoms with van der Waals surface area (Å²) in [6, 6.07) is 0. The van der Waals surface area contributed by atoms with Crippen molar-refractivity contribution < 1.29 is 9.42 Å². The van der Waals surface area contributed by atoms with E-state index >= 15 is 0 Å². The fraction of sp³-hybridized carbons (Fsp3) is 1.00. The van der Waals surface area contributed by atoms with Crippen molar-refractivity contribution in [2.45, 2.75) is 59.4 Å². The Morgan fingerprint density at radius 3 is 0.571 bits per heavy atom. The molecule has 0 bridgehead atoms. The van der Waals surface area contributed by atoms with Crippen molar-refractivity contribution in [2.24, 2.45) is 0 Å². The molecule has 0 aromatic heterocycles. The van der Waals surface area contributed by atoms with Crippen LogP contribution >= 0.6 is 9.90 Å². The molecular formula is C8H40F2NPS2. The lowest BCUT2D eigenvalue weighted by molar-refractivity contribution is 1.11. The van der Waals surface area contributed by atoms with Crippen LogP contribution in [0.3, 0.4) is 0 Å². The van der Waals surface area contributed by atoms with E-state index in [1.54, 1.807) is 0 Å². The third-order valence-electron chi connectivity index (χ3n) is 0. The maximum absolute atomic E-state index is 8.75. The predicted molar refractivity (Wildman–Crippen MR) is 89.7 cm³/mol. The van der Waals surface area contributed by atoms with Gasteiger partial charge < -0.3 is 6.15 Å². The lowest BCUT2D eigenvalue weighted by atomic mass is 12.0. The maximum Gasteiger partial charge on any atom is 0.269 e. The van der Waals surface area contributed by atoms with Crippen LogP contribution in [-0.4, -0.2) is 1.45 Å². The third kappa shape index (κ3) is 3640. The second kappa shape index (κ2) is 4630. The van der Waals surface area contributed by atoms with Crippen LogP contribution in [0.25, 0.3) is 0 Å². The Bertz CT molecular complexity index is 30.6. The monoisotopic (exact) mass is 284 g/mol. The first-order valence-electron chi connectivity index (χ1n) is 0.545. The minimum absolute atomic E-state index is 0. The van der Waals surface area contributed by atoms with Gasteiger partial charge in [-0.3, -0.25) is 9.42 Å². The maximum atomic E-state index is 8.75. The highest BCUT2D eigenvalue weighted by atomic mass is 32.8. The average Bonchev–Trinajstić information content (AvgIpc) is 1.50. The van der Waals surface area contributed by atoms with Crippen molar-refractivity contribution in [3.05, 3.63) is 0 Å². The average molecular weight is 285 g/mol. The van der Waals surface area contributed by atoms with Gasteiger partial charge in [0.25, 0.3) is 1.45 Å². The molecule has 0 spiro atoms. The van der Waals surface area contributed by atoms with Gasteiger partial charge in [0.15, 0.2) is 0 Å². The molecule has 1 atom stereocenters. The Balaban J connectivity index is -0.000000000280. The lowest BCUT2D eigenvalue weighted by Gasteiger charge is -0.707. The van der Waals surface area contributed by atoms with Gasteiger partial charge in [0.1, 0.15) is 0 Å². The molecule has 14 heavy (non-hydrogen) atoms. The van der Waals surface area contributed by atoms with Crippen molar-refractivity contribution in [1.82, 2.24) is 6.15 Å². The van der Waals surface area contributed by atoms with Crippen molar-refractivity contribution in [2.75, 3.05) is 0 Å². The van der Waals surface area contributed by atoms with Crippen LogP contribution in [0.1, 0.15) is 59.4 Å². The molecule has 3 N–H and O–H groups in total. The second-order valence-corrected chi connectivity index (χ2v) is 0. The Kier molecular flexibility index (Phi) is 126000. The van der Waals surface area contributed by atoms with Crippen LogP contribution in [0.15, 0.2) is 0 Å². The van der Waals surface area contributed by atoms with Gasteiger partial charge in [-0.15, -0.1) is 0 Å². The van der Waals surface area contributed by atoms with Crippen LogP contribution < -0.4 is 6.15 Å². The van der Waals surface area contributed by atoms with Crippen LogP contribution in [-0.2, 0) is 22.4 Å². The first-order valence-corrected chi connectivity index (χ1v) is 1.50. The standard InChI is InChI=1S/8CH4.2FH.H3N.H3P.S2/c;;;;;;;;;;;;1-2/h8*1H4;2*1H;2*1H3;/i/hD. The molecule has 0 radical (unpaired) electrons. The van der Waals surface area contributed by atoms with E-state index in [9.17, 15) is 0 Å². The smallest absolute Gasteiger partial charge is 0.269 e. The summed E-state index contributed by atoms with van der Waals surface area (Å²) in [5.41, 5.74) is 0. The van der Waals surface area contributed by atoms with Crippen molar-refractivity contribution in [3.8, 4) is 0 Å². The fourth-order valence-electron chi connectivity index (χ4n) is 0. The van der Waals surface area contributed by atoms with E-state index in [4.69, 9.17) is 4.72 Å². The molecule has 0 aliphatic carbocycles. The summed E-state index contributed by atoms with van der Waals surface area (Å²) in [5, 5.41) is 0. The number of halogens is 2. The van der Waals surface area contributed by atoms with E-state index in [-0.39, 0.29) is 80.2 Å². The van der Waals surface area contributed by atoms with E-state index in [0.717, 1.165) is 0 Å². The molecule has 0 heterocycles. The minimum Gasteiger partial charge on any atom is -0.344 e. The van der Waals surface area contributed by atoms with Crippen molar-refractivity contribution >= 4 is 32.3 Å². The molecule has 0 aliphatic rings. The summed E-state index contributed by atoms with van der Waals surface area (Å²) < 4.78 is 13.0. The largest absolute Gasteiger partial charge is 0.344 e. The molecule has 1 unspecified atom stereocenters. The van der Waals surface area contributed by atoms with E-state index < -0.39 is 0 Å². The van der Waals surface area contributed by atoms with E-state index in [2.05, 4.69) is 23.8 Å². The molecule has 6 heteroatoms. The number of rotatable bonds is 0. The summed E-state index contributed by atoms with van der Waals surface area (Å²) in [6.45, 7) is 0. The van der Waals surface area contributed by atoms with Crippen LogP contribution in [0, 0.1) is 0 Å². The summed E-state index contributed by atoms with van der Waals surface area (Å²) in [4.78, 5) is 0. The van der Waals surface area contributed by atoms with Crippen molar-refractivity contribution in [1.29, 1.82) is 1.45 Å². The van der Waals surface area contributed by atoms with Gasteiger partial charge in [-0.05, 0) is 0 Å². The van der Waals surface area contributed by atoms with Gasteiger partial charge in [-0.25, -0.2) is 0 Å². The molecule has 0 aromatic carbocycles. The highest BCUT2D eigenvalue weighted by molar-refractivity contribution is 8.07. The molecular weight excluding hydrogens is 243 g/mol. The quantitative estimate of drug-likeness (QED) is 0.587. The molecule has 0 aromatic rings. The molecule has 0 rings (SSSR count). The Morgan fingerprint density at radius 2 is 0.571 bits per heavy atom. The van der Waals surface area contributed by atoms with Crippen LogP contribution in [0.2, 0.25) is 0 Å². The lowest BCUT2D eigenvalue weighted by Crippen LogP contribution is -0.710. The summed E-state index contributed by atoms with van der Waals surface area (Å²) in [6.07, 6.45) is 0. The molecule has 0 saturated heterocycles. The number of hydrogen-bond donors (Lipinski definition) is 1. The zero-order valence-corrected chi connectivity index (χ0v) is 6.06. The Hall–Kier alpha value is 0.690. The molecule has 108 valence electrons. The van der Waals surface area contributed by atoms with Gasteiger partial charge in [0.05, 0.1) is 0 Å². The van der Waals surface area contributed by atoms with E-state index in [1.807, 2.05) is 0 Å². The van der Waals surface area contributed by atoms with Gasteiger partial charge in [-0.2, -0.15) is 9.90 Å². The molecule has 1 nitrogen and oxygen atoms in total. The zero-order valence-electron chi connectivity index (χ0n) is 4.02.